The molecular formula is C18H21F6NO. The van der Waals surface area contributed by atoms with Crippen molar-refractivity contribution < 1.29 is 31.1 Å². The highest BCUT2D eigenvalue weighted by Gasteiger charge is 2.38. The Morgan fingerprint density at radius 2 is 1.50 bits per heavy atom. The Kier molecular flexibility index (Phi) is 5.36. The molecule has 0 aliphatic heterocycles. The Morgan fingerprint density at radius 1 is 1.00 bits per heavy atom. The van der Waals surface area contributed by atoms with E-state index in [9.17, 15) is 31.1 Å². The monoisotopic (exact) mass is 381 g/mol. The smallest absolute Gasteiger partial charge is 0.349 e. The van der Waals surface area contributed by atoms with E-state index in [0.29, 0.717) is 30.9 Å². The minimum Gasteiger partial charge on any atom is -0.349 e. The maximum absolute atomic E-state index is 12.9. The molecule has 1 aromatic carbocycles. The second-order valence-corrected chi connectivity index (χ2v) is 7.88. The number of carbonyl (C=O) groups excluding carboxylic acids is 1. The first-order valence-corrected chi connectivity index (χ1v) is 8.28. The van der Waals surface area contributed by atoms with Crippen LogP contribution in [0.15, 0.2) is 18.2 Å². The number of halogens is 6. The Hall–Kier alpha value is -1.73. The Morgan fingerprint density at radius 3 is 1.92 bits per heavy atom. The summed E-state index contributed by atoms with van der Waals surface area (Å²) in [4.78, 5) is 12.3. The molecule has 1 amide bonds. The van der Waals surface area contributed by atoms with Crippen molar-refractivity contribution in [2.45, 2.75) is 58.4 Å². The summed E-state index contributed by atoms with van der Waals surface area (Å²) in [6.07, 6.45) is -7.75. The van der Waals surface area contributed by atoms with Crippen LogP contribution in [-0.2, 0) is 12.4 Å². The van der Waals surface area contributed by atoms with Crippen LogP contribution in [0.3, 0.4) is 0 Å². The van der Waals surface area contributed by atoms with Crippen LogP contribution in [0.2, 0.25) is 0 Å². The summed E-state index contributed by atoms with van der Waals surface area (Å²) in [6, 6.07) is 0.650. The number of alkyl halides is 6. The number of carbonyl (C=O) groups is 1. The van der Waals surface area contributed by atoms with Gasteiger partial charge in [-0.2, -0.15) is 26.3 Å². The molecule has 1 aliphatic carbocycles. The average molecular weight is 381 g/mol. The lowest BCUT2D eigenvalue weighted by Crippen LogP contribution is -2.43. The summed E-state index contributed by atoms with van der Waals surface area (Å²) in [5.74, 6) is -0.618. The summed E-state index contributed by atoms with van der Waals surface area (Å²) in [5, 5.41) is 2.60. The molecule has 1 N–H and O–H groups in total. The normalized spacial score (nSPS) is 23.6. The highest BCUT2D eigenvalue weighted by atomic mass is 19.4. The van der Waals surface area contributed by atoms with Crippen molar-refractivity contribution in [2.24, 2.45) is 11.3 Å². The third-order valence-electron chi connectivity index (χ3n) is 4.57. The summed E-state index contributed by atoms with van der Waals surface area (Å²) in [7, 11) is 0. The zero-order valence-corrected chi connectivity index (χ0v) is 14.7. The molecule has 2 rings (SSSR count). The van der Waals surface area contributed by atoms with Crippen molar-refractivity contribution in [2.75, 3.05) is 0 Å². The largest absolute Gasteiger partial charge is 0.416 e. The van der Waals surface area contributed by atoms with Crippen LogP contribution in [0.25, 0.3) is 0 Å². The standard InChI is InChI=1S/C18H21F6NO/c1-10-4-14(9-16(2,3)8-10)25-15(26)11-5-12(17(19,20)21)7-13(6-11)18(22,23)24/h5-7,10,14H,4,8-9H2,1-3H3,(H,25,26). The highest BCUT2D eigenvalue weighted by Crippen LogP contribution is 2.39. The van der Waals surface area contributed by atoms with Crippen LogP contribution >= 0.6 is 0 Å². The molecule has 1 aliphatic rings. The molecule has 0 radical (unpaired) electrons. The van der Waals surface area contributed by atoms with Gasteiger partial charge < -0.3 is 5.32 Å². The van der Waals surface area contributed by atoms with E-state index in [1.165, 1.54) is 0 Å². The van der Waals surface area contributed by atoms with Gasteiger partial charge >= 0.3 is 12.4 Å². The molecule has 0 heterocycles. The van der Waals surface area contributed by atoms with Gasteiger partial charge in [0.1, 0.15) is 0 Å². The lowest BCUT2D eigenvalue weighted by atomic mass is 9.70. The van der Waals surface area contributed by atoms with E-state index < -0.39 is 35.0 Å². The van der Waals surface area contributed by atoms with Crippen molar-refractivity contribution in [3.63, 3.8) is 0 Å². The molecule has 26 heavy (non-hydrogen) atoms. The van der Waals surface area contributed by atoms with Crippen LogP contribution in [0.1, 0.15) is 61.5 Å². The molecule has 146 valence electrons. The predicted molar refractivity (Wildman–Crippen MR) is 84.5 cm³/mol. The first kappa shape index (κ1) is 20.6. The SMILES string of the molecule is CC1CC(NC(=O)c2cc(C(F)(F)F)cc(C(F)(F)F)c2)CC(C)(C)C1. The Bertz CT molecular complexity index is 645. The molecule has 2 unspecified atom stereocenters. The molecule has 0 spiro atoms. The van der Waals surface area contributed by atoms with Gasteiger partial charge in [-0.1, -0.05) is 20.8 Å². The summed E-state index contributed by atoms with van der Waals surface area (Å²) in [5.41, 5.74) is -3.67. The van der Waals surface area contributed by atoms with Crippen molar-refractivity contribution in [3.8, 4) is 0 Å². The third-order valence-corrected chi connectivity index (χ3v) is 4.57. The van der Waals surface area contributed by atoms with E-state index in [-0.39, 0.29) is 17.5 Å². The molecule has 1 saturated carbocycles. The molecule has 1 aromatic rings. The first-order chi connectivity index (χ1) is 11.7. The minimum atomic E-state index is -4.97. The molecule has 2 nitrogen and oxygen atoms in total. The van der Waals surface area contributed by atoms with Crippen molar-refractivity contribution >= 4 is 5.91 Å². The van der Waals surface area contributed by atoms with Gasteiger partial charge in [0.2, 0.25) is 0 Å². The van der Waals surface area contributed by atoms with E-state index in [2.05, 4.69) is 5.32 Å². The van der Waals surface area contributed by atoms with Crippen LogP contribution in [-0.4, -0.2) is 11.9 Å². The van der Waals surface area contributed by atoms with Crippen LogP contribution < -0.4 is 5.32 Å². The van der Waals surface area contributed by atoms with Gasteiger partial charge in [0.15, 0.2) is 0 Å². The van der Waals surface area contributed by atoms with E-state index in [1.54, 1.807) is 0 Å². The molecule has 8 heteroatoms. The van der Waals surface area contributed by atoms with Gasteiger partial charge in [0.05, 0.1) is 11.1 Å². The van der Waals surface area contributed by atoms with Gasteiger partial charge in [0.25, 0.3) is 5.91 Å². The third kappa shape index (κ3) is 5.14. The minimum absolute atomic E-state index is 0.0164. The highest BCUT2D eigenvalue weighted by molar-refractivity contribution is 5.94. The van der Waals surface area contributed by atoms with Gasteiger partial charge in [-0.25, -0.2) is 0 Å². The van der Waals surface area contributed by atoms with E-state index in [0.717, 1.165) is 6.42 Å². The van der Waals surface area contributed by atoms with Gasteiger partial charge in [0, 0.05) is 11.6 Å². The van der Waals surface area contributed by atoms with Crippen LogP contribution in [0, 0.1) is 11.3 Å². The number of hydrogen-bond acceptors (Lipinski definition) is 1. The fraction of sp³-hybridized carbons (Fsp3) is 0.611. The molecule has 2 atom stereocenters. The summed E-state index contributed by atoms with van der Waals surface area (Å²) < 4.78 is 77.5. The number of benzene rings is 1. The van der Waals surface area contributed by atoms with Crippen LogP contribution in [0.4, 0.5) is 26.3 Å². The van der Waals surface area contributed by atoms with Gasteiger partial charge in [-0.05, 0) is 48.8 Å². The topological polar surface area (TPSA) is 29.1 Å². The number of nitrogens with one attached hydrogen (secondary N) is 1. The molecule has 0 saturated heterocycles. The zero-order valence-electron chi connectivity index (χ0n) is 14.7. The quantitative estimate of drug-likeness (QED) is 0.657. The van der Waals surface area contributed by atoms with Gasteiger partial charge in [-0.3, -0.25) is 4.79 Å². The predicted octanol–water partition coefficient (Wildman–Crippen LogP) is 5.67. The molecule has 0 aromatic heterocycles. The van der Waals surface area contributed by atoms with Crippen molar-refractivity contribution in [1.29, 1.82) is 0 Å². The lowest BCUT2D eigenvalue weighted by molar-refractivity contribution is -0.143. The molecule has 1 fully saturated rings. The summed E-state index contributed by atoms with van der Waals surface area (Å²) >= 11 is 0. The number of rotatable bonds is 2. The number of hydrogen-bond donors (Lipinski definition) is 1. The molecular weight excluding hydrogens is 360 g/mol. The second-order valence-electron chi connectivity index (χ2n) is 7.88. The van der Waals surface area contributed by atoms with E-state index in [1.807, 2.05) is 20.8 Å². The lowest BCUT2D eigenvalue weighted by Gasteiger charge is -2.39. The maximum atomic E-state index is 12.9. The van der Waals surface area contributed by atoms with Crippen LogP contribution in [0.5, 0.6) is 0 Å². The fourth-order valence-electron chi connectivity index (χ4n) is 3.81. The zero-order chi connectivity index (χ0) is 19.9. The second kappa shape index (κ2) is 6.78. The first-order valence-electron chi connectivity index (χ1n) is 8.28. The summed E-state index contributed by atoms with van der Waals surface area (Å²) in [6.45, 7) is 6.05. The van der Waals surface area contributed by atoms with E-state index in [4.69, 9.17) is 0 Å². The molecule has 0 bridgehead atoms. The average Bonchev–Trinajstić information content (AvgIpc) is 2.42. The number of amides is 1. The van der Waals surface area contributed by atoms with Gasteiger partial charge in [-0.15, -0.1) is 0 Å². The Balaban J connectivity index is 2.30. The van der Waals surface area contributed by atoms with Crippen molar-refractivity contribution in [1.82, 2.24) is 5.32 Å². The Labute approximate surface area is 148 Å². The maximum Gasteiger partial charge on any atom is 0.416 e. The van der Waals surface area contributed by atoms with E-state index >= 15 is 0 Å². The van der Waals surface area contributed by atoms with Crippen molar-refractivity contribution in [3.05, 3.63) is 34.9 Å². The fourth-order valence-corrected chi connectivity index (χ4v) is 3.81.